The van der Waals surface area contributed by atoms with Crippen LogP contribution >= 0.6 is 45.2 Å². The first-order valence-corrected chi connectivity index (χ1v) is 7.47. The van der Waals surface area contributed by atoms with E-state index >= 15 is 0 Å². The van der Waals surface area contributed by atoms with E-state index in [1.807, 2.05) is 0 Å². The van der Waals surface area contributed by atoms with Gasteiger partial charge in [0.2, 0.25) is 0 Å². The molecule has 5 nitrogen and oxygen atoms in total. The Morgan fingerprint density at radius 2 is 1.39 bits per heavy atom. The maximum atomic E-state index is 9.82. The molecule has 0 fully saturated rings. The summed E-state index contributed by atoms with van der Waals surface area (Å²) in [7, 11) is 0. The normalized spacial score (nSPS) is 12.3. The van der Waals surface area contributed by atoms with Gasteiger partial charge in [-0.3, -0.25) is 0 Å². The Morgan fingerprint density at radius 3 is 1.83 bits per heavy atom. The maximum absolute atomic E-state index is 9.82. The molecule has 2 N–H and O–H groups in total. The molecule has 0 aliphatic heterocycles. The summed E-state index contributed by atoms with van der Waals surface area (Å²) in [6, 6.07) is 0. The van der Waals surface area contributed by atoms with Crippen LogP contribution in [-0.2, 0) is 14.2 Å². The van der Waals surface area contributed by atoms with Crippen molar-refractivity contribution in [1.29, 1.82) is 0 Å². The van der Waals surface area contributed by atoms with Gasteiger partial charge in [-0.15, -0.1) is 0 Å². The molecule has 8 heteroatoms. The minimum atomic E-state index is -0.918. The summed E-state index contributed by atoms with van der Waals surface area (Å²) in [5.41, 5.74) is -0.918. The number of hydrogen-bond donors (Lipinski definition) is 2. The standard InChI is InChI=1S/C10H20I2O5.H2Te/c1-9(2,14)10(11,12)17-8-7-16-6-5-15-4-3-13;/h13-14H,3-8H2,1-2H3;1H2. The van der Waals surface area contributed by atoms with Crippen molar-refractivity contribution in [3.8, 4) is 0 Å². The molecule has 0 atom stereocenters. The van der Waals surface area contributed by atoms with E-state index < -0.39 is 7.22 Å². The van der Waals surface area contributed by atoms with Crippen LogP contribution in [0, 0.1) is 0 Å². The van der Waals surface area contributed by atoms with E-state index in [0.717, 1.165) is 0 Å². The third kappa shape index (κ3) is 10.8. The van der Waals surface area contributed by atoms with E-state index in [1.165, 1.54) is 0 Å². The van der Waals surface area contributed by atoms with Gasteiger partial charge in [-0.1, -0.05) is 0 Å². The first-order chi connectivity index (χ1) is 7.81. The Labute approximate surface area is 152 Å². The molecule has 0 aliphatic carbocycles. The van der Waals surface area contributed by atoms with Crippen molar-refractivity contribution in [3.05, 3.63) is 0 Å². The Morgan fingerprint density at radius 1 is 0.944 bits per heavy atom. The molecule has 0 radical (unpaired) electrons. The molecule has 0 aromatic carbocycles. The number of hydrogen-bond acceptors (Lipinski definition) is 5. The molecular weight excluding hydrogens is 582 g/mol. The van der Waals surface area contributed by atoms with Gasteiger partial charge in [0, 0.05) is 0 Å². The van der Waals surface area contributed by atoms with Crippen molar-refractivity contribution >= 4 is 68.8 Å². The van der Waals surface area contributed by atoms with Gasteiger partial charge in [-0.2, -0.15) is 0 Å². The van der Waals surface area contributed by atoms with E-state index in [0.29, 0.717) is 33.0 Å². The van der Waals surface area contributed by atoms with Crippen LogP contribution in [0.5, 0.6) is 0 Å². The van der Waals surface area contributed by atoms with Gasteiger partial charge in [-0.05, 0) is 59.0 Å². The van der Waals surface area contributed by atoms with Crippen LogP contribution in [0.1, 0.15) is 13.8 Å². The van der Waals surface area contributed by atoms with Gasteiger partial charge >= 0.3 is 23.7 Å². The van der Waals surface area contributed by atoms with Crippen LogP contribution in [0.25, 0.3) is 0 Å². The number of halogens is 2. The number of aliphatic hydroxyl groups is 2. The van der Waals surface area contributed by atoms with Crippen molar-refractivity contribution in [2.75, 3.05) is 39.6 Å². The van der Waals surface area contributed by atoms with Gasteiger partial charge in [0.15, 0.2) is 1.61 Å². The molecular formula is C10H22I2O5Te. The number of rotatable bonds is 10. The van der Waals surface area contributed by atoms with E-state index in [2.05, 4.69) is 45.2 Å². The minimum absolute atomic E-state index is 0. The summed E-state index contributed by atoms with van der Waals surface area (Å²) in [6.07, 6.45) is 0. The monoisotopic (exact) mass is 606 g/mol. The zero-order valence-electron chi connectivity index (χ0n) is 10.6. The van der Waals surface area contributed by atoms with Gasteiger partial charge in [0.25, 0.3) is 0 Å². The van der Waals surface area contributed by atoms with Gasteiger partial charge in [0.1, 0.15) is 5.60 Å². The number of alkyl halides is 2. The molecule has 18 heavy (non-hydrogen) atoms. The van der Waals surface area contributed by atoms with Crippen LogP contribution in [0.4, 0.5) is 0 Å². The molecule has 0 saturated carbocycles. The van der Waals surface area contributed by atoms with Crippen LogP contribution in [0.2, 0.25) is 0 Å². The zero-order chi connectivity index (χ0) is 13.4. The summed E-state index contributed by atoms with van der Waals surface area (Å²) in [5.74, 6) is 0. The van der Waals surface area contributed by atoms with Gasteiger partial charge < -0.3 is 24.4 Å². The summed E-state index contributed by atoms with van der Waals surface area (Å²) in [5, 5.41) is 18.3. The molecule has 0 aliphatic rings. The number of aliphatic hydroxyl groups excluding tert-OH is 1. The SMILES string of the molecule is CC(C)(O)C(I)(I)OCCOCCOCCO.[TeH2]. The second-order valence-corrected chi connectivity index (χ2v) is 8.98. The van der Waals surface area contributed by atoms with Crippen molar-refractivity contribution < 1.29 is 24.4 Å². The van der Waals surface area contributed by atoms with E-state index in [1.54, 1.807) is 13.8 Å². The van der Waals surface area contributed by atoms with E-state index in [-0.39, 0.29) is 30.3 Å². The van der Waals surface area contributed by atoms with E-state index in [9.17, 15) is 5.11 Å². The zero-order valence-corrected chi connectivity index (χ0v) is 17.8. The summed E-state index contributed by atoms with van der Waals surface area (Å²) < 4.78 is 15.2. The molecule has 0 spiro atoms. The fourth-order valence-electron chi connectivity index (χ4n) is 0.792. The summed E-state index contributed by atoms with van der Waals surface area (Å²) in [6.45, 7) is 5.57. The predicted octanol–water partition coefficient (Wildman–Crippen LogP) is 0.407. The Kier molecular flexibility index (Phi) is 14.5. The predicted molar refractivity (Wildman–Crippen MR) is 90.3 cm³/mol. The van der Waals surface area contributed by atoms with Gasteiger partial charge in [0.05, 0.1) is 39.6 Å². The van der Waals surface area contributed by atoms with Crippen LogP contribution in [-0.4, -0.2) is 80.7 Å². The average Bonchev–Trinajstić information content (AvgIpc) is 2.20. The summed E-state index contributed by atoms with van der Waals surface area (Å²) in [4.78, 5) is 0. The first kappa shape index (κ1) is 22.3. The topological polar surface area (TPSA) is 68.2 Å². The molecule has 0 bridgehead atoms. The molecule has 0 amide bonds. The second-order valence-electron chi connectivity index (χ2n) is 3.87. The van der Waals surface area contributed by atoms with Crippen molar-refractivity contribution in [1.82, 2.24) is 0 Å². The molecule has 0 aromatic heterocycles. The summed E-state index contributed by atoms with van der Waals surface area (Å²) >= 11 is 4.14. The Balaban J connectivity index is 0. The molecule has 0 aromatic rings. The quantitative estimate of drug-likeness (QED) is 0.164. The third-order valence-electron chi connectivity index (χ3n) is 1.83. The fourth-order valence-corrected chi connectivity index (χ4v) is 1.23. The van der Waals surface area contributed by atoms with Crippen molar-refractivity contribution in [3.63, 3.8) is 0 Å². The molecule has 0 unspecified atom stereocenters. The van der Waals surface area contributed by atoms with E-state index in [4.69, 9.17) is 19.3 Å². The van der Waals surface area contributed by atoms with Gasteiger partial charge in [-0.25, -0.2) is 0 Å². The Bertz CT molecular complexity index is 199. The number of ether oxygens (including phenoxy) is 3. The molecule has 112 valence electrons. The van der Waals surface area contributed by atoms with Crippen LogP contribution < -0.4 is 0 Å². The van der Waals surface area contributed by atoms with Crippen molar-refractivity contribution in [2.45, 2.75) is 21.1 Å². The third-order valence-corrected chi connectivity index (χ3v) is 5.09. The second kappa shape index (κ2) is 11.7. The van der Waals surface area contributed by atoms with Crippen LogP contribution in [0.15, 0.2) is 0 Å². The van der Waals surface area contributed by atoms with Crippen molar-refractivity contribution in [2.24, 2.45) is 0 Å². The average molecular weight is 604 g/mol. The molecule has 0 rings (SSSR count). The Hall–Kier alpha value is 2.05. The molecule has 0 saturated heterocycles. The van der Waals surface area contributed by atoms with Crippen LogP contribution in [0.3, 0.4) is 0 Å². The first-order valence-electron chi connectivity index (χ1n) is 5.32. The molecule has 0 heterocycles. The fraction of sp³-hybridized carbons (Fsp3) is 1.00.